The predicted octanol–water partition coefficient (Wildman–Crippen LogP) is 5.77. The van der Waals surface area contributed by atoms with Crippen molar-refractivity contribution in [2.45, 2.75) is 45.1 Å². The van der Waals surface area contributed by atoms with E-state index in [1.54, 1.807) is 7.11 Å². The van der Waals surface area contributed by atoms with Gasteiger partial charge in [0, 0.05) is 23.6 Å². The molecule has 0 radical (unpaired) electrons. The maximum Gasteiger partial charge on any atom is 0.221 e. The number of rotatable bonds is 5. The van der Waals surface area contributed by atoms with Crippen LogP contribution in [-0.2, 0) is 10.2 Å². The molecule has 0 saturated carbocycles. The van der Waals surface area contributed by atoms with E-state index in [1.807, 2.05) is 24.3 Å². The molecule has 1 amide bonds. The lowest BCUT2D eigenvalue weighted by atomic mass is 9.86. The summed E-state index contributed by atoms with van der Waals surface area (Å²) in [5.41, 5.74) is 6.27. The molecule has 1 aromatic heterocycles. The average Bonchev–Trinajstić information content (AvgIpc) is 3.22. The van der Waals surface area contributed by atoms with Crippen molar-refractivity contribution >= 4 is 11.5 Å². The van der Waals surface area contributed by atoms with Crippen LogP contribution >= 0.6 is 0 Å². The number of amides is 1. The Morgan fingerprint density at radius 1 is 1.03 bits per heavy atom. The van der Waals surface area contributed by atoms with Crippen molar-refractivity contribution in [3.8, 4) is 17.0 Å². The van der Waals surface area contributed by atoms with Gasteiger partial charge in [0.1, 0.15) is 0 Å². The van der Waals surface area contributed by atoms with Crippen molar-refractivity contribution in [1.82, 2.24) is 10.3 Å². The van der Waals surface area contributed by atoms with Gasteiger partial charge in [0.2, 0.25) is 11.8 Å². The molecule has 1 N–H and O–H groups in total. The molecule has 4 nitrogen and oxygen atoms in total. The van der Waals surface area contributed by atoms with E-state index in [2.05, 4.69) is 74.6 Å². The van der Waals surface area contributed by atoms with Crippen LogP contribution in [0, 0.1) is 0 Å². The Bertz CT molecular complexity index is 1130. The minimum absolute atomic E-state index is 0.00128. The number of carbonyl (C=O) groups is 1. The van der Waals surface area contributed by atoms with Gasteiger partial charge in [-0.3, -0.25) is 4.79 Å². The summed E-state index contributed by atoms with van der Waals surface area (Å²) in [6.07, 6.45) is 3.48. The van der Waals surface area contributed by atoms with Gasteiger partial charge in [-0.1, -0.05) is 81.4 Å². The molecule has 1 saturated heterocycles. The van der Waals surface area contributed by atoms with Gasteiger partial charge in [0.25, 0.3) is 0 Å². The molecule has 0 spiro atoms. The van der Waals surface area contributed by atoms with Crippen LogP contribution in [-0.4, -0.2) is 24.0 Å². The Morgan fingerprint density at radius 2 is 1.75 bits per heavy atom. The number of benzene rings is 2. The standard InChI is InChI=1S/C28H30N2O2/c1-28(2,3)21-12-10-20(11-13-21)24(18-22-14-17-26(31)29-22)25-16-15-23(27(30-25)32-4)19-8-6-5-7-9-19/h5-13,15-16,18,22H,14,17H2,1-4H3,(H,29,31)/b24-18+/t22-/m1/s1. The molecule has 1 aliphatic heterocycles. The molecular weight excluding hydrogens is 396 g/mol. The van der Waals surface area contributed by atoms with E-state index in [0.717, 1.165) is 34.4 Å². The number of hydrogen-bond donors (Lipinski definition) is 1. The highest BCUT2D eigenvalue weighted by molar-refractivity contribution is 5.83. The predicted molar refractivity (Wildman–Crippen MR) is 130 cm³/mol. The number of carbonyl (C=O) groups excluding carboxylic acids is 1. The summed E-state index contributed by atoms with van der Waals surface area (Å²) < 4.78 is 5.67. The minimum atomic E-state index is 0.00128. The highest BCUT2D eigenvalue weighted by Crippen LogP contribution is 2.33. The van der Waals surface area contributed by atoms with Gasteiger partial charge in [0.15, 0.2) is 0 Å². The smallest absolute Gasteiger partial charge is 0.221 e. The van der Waals surface area contributed by atoms with Gasteiger partial charge in [-0.25, -0.2) is 4.98 Å². The fraction of sp³-hybridized carbons (Fsp3) is 0.286. The van der Waals surface area contributed by atoms with E-state index in [0.29, 0.717) is 12.3 Å². The van der Waals surface area contributed by atoms with Gasteiger partial charge in [0.05, 0.1) is 12.8 Å². The lowest BCUT2D eigenvalue weighted by Crippen LogP contribution is -2.23. The Labute approximate surface area is 190 Å². The summed E-state index contributed by atoms with van der Waals surface area (Å²) >= 11 is 0. The van der Waals surface area contributed by atoms with Crippen LogP contribution in [0.25, 0.3) is 16.7 Å². The first kappa shape index (κ1) is 21.8. The van der Waals surface area contributed by atoms with Crippen LogP contribution in [0.2, 0.25) is 0 Å². The molecule has 2 aromatic carbocycles. The van der Waals surface area contributed by atoms with E-state index in [9.17, 15) is 4.79 Å². The number of pyridine rings is 1. The molecule has 1 aliphatic rings. The minimum Gasteiger partial charge on any atom is -0.481 e. The highest BCUT2D eigenvalue weighted by Gasteiger charge is 2.22. The lowest BCUT2D eigenvalue weighted by Gasteiger charge is -2.20. The Balaban J connectivity index is 1.78. The highest BCUT2D eigenvalue weighted by atomic mass is 16.5. The average molecular weight is 427 g/mol. The summed E-state index contributed by atoms with van der Waals surface area (Å²) in [4.78, 5) is 16.7. The Kier molecular flexibility index (Phi) is 6.13. The van der Waals surface area contributed by atoms with E-state index in [4.69, 9.17) is 9.72 Å². The van der Waals surface area contributed by atoms with Crippen molar-refractivity contribution < 1.29 is 9.53 Å². The summed E-state index contributed by atoms with van der Waals surface area (Å²) in [6.45, 7) is 6.63. The monoisotopic (exact) mass is 426 g/mol. The summed E-state index contributed by atoms with van der Waals surface area (Å²) in [6, 6.07) is 22.8. The second kappa shape index (κ2) is 8.99. The number of aromatic nitrogens is 1. The van der Waals surface area contributed by atoms with Crippen molar-refractivity contribution in [2.75, 3.05) is 7.11 Å². The summed E-state index contributed by atoms with van der Waals surface area (Å²) in [5.74, 6) is 0.681. The molecule has 0 unspecified atom stereocenters. The van der Waals surface area contributed by atoms with Crippen LogP contribution in [0.15, 0.2) is 72.8 Å². The molecule has 0 aliphatic carbocycles. The van der Waals surface area contributed by atoms with Gasteiger partial charge in [-0.2, -0.15) is 0 Å². The SMILES string of the molecule is COc1nc(/C(=C/[C@H]2CCC(=O)N2)c2ccc(C(C)(C)C)cc2)ccc1-c1ccccc1. The lowest BCUT2D eigenvalue weighted by molar-refractivity contribution is -0.119. The third-order valence-electron chi connectivity index (χ3n) is 5.87. The first-order valence-corrected chi connectivity index (χ1v) is 11.1. The van der Waals surface area contributed by atoms with Crippen molar-refractivity contribution in [1.29, 1.82) is 0 Å². The number of methoxy groups -OCH3 is 1. The molecule has 1 atom stereocenters. The summed E-state index contributed by atoms with van der Waals surface area (Å²) in [5, 5.41) is 3.05. The quantitative estimate of drug-likeness (QED) is 0.564. The largest absolute Gasteiger partial charge is 0.481 e. The van der Waals surface area contributed by atoms with Crippen LogP contribution in [0.1, 0.15) is 50.4 Å². The van der Waals surface area contributed by atoms with Gasteiger partial charge in [-0.15, -0.1) is 0 Å². The molecule has 4 heteroatoms. The molecule has 2 heterocycles. The van der Waals surface area contributed by atoms with Crippen molar-refractivity contribution in [3.63, 3.8) is 0 Å². The first-order chi connectivity index (χ1) is 15.3. The third kappa shape index (κ3) is 4.75. The molecule has 3 aromatic rings. The normalized spacial score (nSPS) is 16.7. The second-order valence-electron chi connectivity index (χ2n) is 9.24. The maximum atomic E-state index is 11.8. The number of nitrogens with zero attached hydrogens (tertiary/aromatic N) is 1. The number of ether oxygens (including phenoxy) is 1. The Morgan fingerprint density at radius 3 is 2.34 bits per heavy atom. The Hall–Kier alpha value is -3.40. The molecule has 164 valence electrons. The van der Waals surface area contributed by atoms with Gasteiger partial charge in [-0.05, 0) is 40.7 Å². The number of hydrogen-bond acceptors (Lipinski definition) is 3. The first-order valence-electron chi connectivity index (χ1n) is 11.1. The third-order valence-corrected chi connectivity index (χ3v) is 5.87. The zero-order chi connectivity index (χ0) is 22.7. The van der Waals surface area contributed by atoms with Crippen LogP contribution in [0.3, 0.4) is 0 Å². The molecule has 1 fully saturated rings. The molecule has 32 heavy (non-hydrogen) atoms. The zero-order valence-corrected chi connectivity index (χ0v) is 19.2. The van der Waals surface area contributed by atoms with Crippen LogP contribution in [0.5, 0.6) is 5.88 Å². The fourth-order valence-electron chi connectivity index (χ4n) is 4.03. The van der Waals surface area contributed by atoms with E-state index < -0.39 is 0 Å². The van der Waals surface area contributed by atoms with Crippen molar-refractivity contribution in [2.24, 2.45) is 0 Å². The van der Waals surface area contributed by atoms with Crippen LogP contribution < -0.4 is 10.1 Å². The maximum absolute atomic E-state index is 11.8. The van der Waals surface area contributed by atoms with E-state index in [-0.39, 0.29) is 17.4 Å². The van der Waals surface area contributed by atoms with E-state index in [1.165, 1.54) is 5.56 Å². The molecular formula is C28H30N2O2. The second-order valence-corrected chi connectivity index (χ2v) is 9.24. The van der Waals surface area contributed by atoms with Gasteiger partial charge >= 0.3 is 0 Å². The fourth-order valence-corrected chi connectivity index (χ4v) is 4.03. The topological polar surface area (TPSA) is 51.2 Å². The number of nitrogens with one attached hydrogen (secondary N) is 1. The molecule has 0 bridgehead atoms. The van der Waals surface area contributed by atoms with Gasteiger partial charge < -0.3 is 10.1 Å². The summed E-state index contributed by atoms with van der Waals surface area (Å²) in [7, 11) is 1.65. The van der Waals surface area contributed by atoms with Crippen LogP contribution in [0.4, 0.5) is 0 Å². The van der Waals surface area contributed by atoms with Crippen molar-refractivity contribution in [3.05, 3.63) is 89.6 Å². The molecule has 4 rings (SSSR count). The zero-order valence-electron chi connectivity index (χ0n) is 19.2. The van der Waals surface area contributed by atoms with E-state index >= 15 is 0 Å².